The lowest BCUT2D eigenvalue weighted by molar-refractivity contribution is 0.476. The van der Waals surface area contributed by atoms with Crippen molar-refractivity contribution in [3.8, 4) is 11.5 Å². The largest absolute Gasteiger partial charge is 0.457 e. The van der Waals surface area contributed by atoms with Gasteiger partial charge in [-0.3, -0.25) is 0 Å². The fraction of sp³-hybridized carbons (Fsp3) is 0.143. The minimum Gasteiger partial charge on any atom is -0.457 e. The van der Waals surface area contributed by atoms with Gasteiger partial charge in [0.05, 0.1) is 4.90 Å². The van der Waals surface area contributed by atoms with E-state index in [9.17, 15) is 8.42 Å². The zero-order valence-corrected chi connectivity index (χ0v) is 12.1. The third-order valence-corrected chi connectivity index (χ3v) is 3.93. The van der Waals surface area contributed by atoms with Crippen LogP contribution in [-0.2, 0) is 10.0 Å². The number of primary sulfonamides is 1. The van der Waals surface area contributed by atoms with Crippen molar-refractivity contribution in [2.24, 2.45) is 5.14 Å². The smallest absolute Gasteiger partial charge is 0.238 e. The molecule has 0 spiro atoms. The number of hydrogen-bond acceptors (Lipinski definition) is 4. The summed E-state index contributed by atoms with van der Waals surface area (Å²) < 4.78 is 28.7. The standard InChI is InChI=1S/C14H16N2O3S/c1-9-3-5-12(6-4-9)19-13-7-11(15)8-14(10(13)2)20(16,17)18/h3-8H,15H2,1-2H3,(H2,16,17,18). The summed E-state index contributed by atoms with van der Waals surface area (Å²) in [6, 6.07) is 10.3. The monoisotopic (exact) mass is 292 g/mol. The molecular formula is C14H16N2O3S. The third kappa shape index (κ3) is 3.09. The first-order chi connectivity index (χ1) is 9.27. The number of ether oxygens (including phenoxy) is 1. The molecule has 0 bridgehead atoms. The molecule has 0 fully saturated rings. The molecule has 0 aliphatic heterocycles. The van der Waals surface area contributed by atoms with Crippen LogP contribution in [0.4, 0.5) is 5.69 Å². The average Bonchev–Trinajstić information content (AvgIpc) is 2.35. The molecule has 0 aliphatic carbocycles. The molecule has 0 heterocycles. The normalized spacial score (nSPS) is 11.3. The first-order valence-electron chi connectivity index (χ1n) is 5.95. The van der Waals surface area contributed by atoms with Gasteiger partial charge in [-0.05, 0) is 32.0 Å². The molecule has 2 rings (SSSR count). The van der Waals surface area contributed by atoms with E-state index in [4.69, 9.17) is 15.6 Å². The van der Waals surface area contributed by atoms with E-state index in [1.54, 1.807) is 25.1 Å². The van der Waals surface area contributed by atoms with Crippen molar-refractivity contribution in [3.05, 3.63) is 47.5 Å². The zero-order chi connectivity index (χ0) is 14.9. The number of hydrogen-bond donors (Lipinski definition) is 2. The summed E-state index contributed by atoms with van der Waals surface area (Å²) in [7, 11) is -3.84. The van der Waals surface area contributed by atoms with E-state index >= 15 is 0 Å². The number of anilines is 1. The van der Waals surface area contributed by atoms with Crippen molar-refractivity contribution in [3.63, 3.8) is 0 Å². The van der Waals surface area contributed by atoms with Gasteiger partial charge in [0.2, 0.25) is 10.0 Å². The van der Waals surface area contributed by atoms with Gasteiger partial charge < -0.3 is 10.5 Å². The van der Waals surface area contributed by atoms with Gasteiger partial charge in [0.15, 0.2) is 0 Å². The summed E-state index contributed by atoms with van der Waals surface area (Å²) in [6.07, 6.45) is 0. The second-order valence-corrected chi connectivity index (χ2v) is 6.13. The van der Waals surface area contributed by atoms with Gasteiger partial charge in [-0.15, -0.1) is 0 Å². The molecule has 106 valence electrons. The second-order valence-electron chi connectivity index (χ2n) is 4.60. The van der Waals surface area contributed by atoms with Crippen molar-refractivity contribution in [2.45, 2.75) is 18.7 Å². The molecule has 0 radical (unpaired) electrons. The number of nitrogen functional groups attached to an aromatic ring is 1. The molecule has 0 atom stereocenters. The maximum Gasteiger partial charge on any atom is 0.238 e. The molecule has 0 saturated heterocycles. The number of aryl methyl sites for hydroxylation is 1. The molecule has 2 aromatic rings. The van der Waals surface area contributed by atoms with E-state index in [2.05, 4.69) is 0 Å². The predicted octanol–water partition coefficient (Wildman–Crippen LogP) is 2.33. The van der Waals surface area contributed by atoms with E-state index in [-0.39, 0.29) is 10.6 Å². The van der Waals surface area contributed by atoms with Crippen LogP contribution in [-0.4, -0.2) is 8.42 Å². The van der Waals surface area contributed by atoms with E-state index < -0.39 is 10.0 Å². The Hall–Kier alpha value is -2.05. The Morgan fingerprint density at radius 1 is 1.05 bits per heavy atom. The van der Waals surface area contributed by atoms with Gasteiger partial charge in [-0.25, -0.2) is 13.6 Å². The number of rotatable bonds is 3. The van der Waals surface area contributed by atoms with E-state index in [0.29, 0.717) is 17.1 Å². The third-order valence-electron chi connectivity index (χ3n) is 2.89. The minimum absolute atomic E-state index is 0.0281. The second kappa shape index (κ2) is 5.15. The highest BCUT2D eigenvalue weighted by Crippen LogP contribution is 2.31. The molecule has 0 amide bonds. The Labute approximate surface area is 118 Å². The summed E-state index contributed by atoms with van der Waals surface area (Å²) in [5.41, 5.74) is 7.52. The van der Waals surface area contributed by atoms with Crippen molar-refractivity contribution >= 4 is 15.7 Å². The predicted molar refractivity (Wildman–Crippen MR) is 78.2 cm³/mol. The van der Waals surface area contributed by atoms with Crippen LogP contribution < -0.4 is 15.6 Å². The Kier molecular flexibility index (Phi) is 3.69. The van der Waals surface area contributed by atoms with Gasteiger partial charge in [0.1, 0.15) is 11.5 Å². The highest BCUT2D eigenvalue weighted by Gasteiger charge is 2.16. The van der Waals surface area contributed by atoms with Crippen molar-refractivity contribution in [2.75, 3.05) is 5.73 Å². The van der Waals surface area contributed by atoms with Gasteiger partial charge in [-0.1, -0.05) is 17.7 Å². The fourth-order valence-electron chi connectivity index (χ4n) is 1.82. The Morgan fingerprint density at radius 3 is 2.20 bits per heavy atom. The van der Waals surface area contributed by atoms with Crippen molar-refractivity contribution in [1.82, 2.24) is 0 Å². The average molecular weight is 292 g/mol. The molecule has 6 heteroatoms. The number of nitrogens with two attached hydrogens (primary N) is 2. The summed E-state index contributed by atoms with van der Waals surface area (Å²) in [5.74, 6) is 0.975. The molecule has 0 aliphatic rings. The highest BCUT2D eigenvalue weighted by molar-refractivity contribution is 7.89. The van der Waals surface area contributed by atoms with Crippen LogP contribution in [0, 0.1) is 13.8 Å². The first-order valence-corrected chi connectivity index (χ1v) is 7.49. The lowest BCUT2D eigenvalue weighted by Crippen LogP contribution is -2.14. The molecular weight excluding hydrogens is 276 g/mol. The van der Waals surface area contributed by atoms with Crippen molar-refractivity contribution < 1.29 is 13.2 Å². The van der Waals surface area contributed by atoms with E-state index in [0.717, 1.165) is 5.56 Å². The van der Waals surface area contributed by atoms with Crippen LogP contribution in [0.1, 0.15) is 11.1 Å². The van der Waals surface area contributed by atoms with Crippen LogP contribution in [0.5, 0.6) is 11.5 Å². The van der Waals surface area contributed by atoms with Gasteiger partial charge in [0.25, 0.3) is 0 Å². The van der Waals surface area contributed by atoms with E-state index in [1.165, 1.54) is 6.07 Å². The lowest BCUT2D eigenvalue weighted by Gasteiger charge is -2.13. The van der Waals surface area contributed by atoms with Crippen LogP contribution in [0.2, 0.25) is 0 Å². The molecule has 0 saturated carbocycles. The topological polar surface area (TPSA) is 95.4 Å². The molecule has 0 unspecified atom stereocenters. The Balaban J connectivity index is 2.47. The summed E-state index contributed by atoms with van der Waals surface area (Å²) in [5, 5.41) is 5.17. The van der Waals surface area contributed by atoms with Crippen LogP contribution in [0.25, 0.3) is 0 Å². The Morgan fingerprint density at radius 2 is 1.65 bits per heavy atom. The van der Waals surface area contributed by atoms with Crippen LogP contribution in [0.3, 0.4) is 0 Å². The SMILES string of the molecule is Cc1ccc(Oc2cc(N)cc(S(N)(=O)=O)c2C)cc1. The maximum atomic E-state index is 11.5. The highest BCUT2D eigenvalue weighted by atomic mass is 32.2. The minimum atomic E-state index is -3.84. The number of sulfonamides is 1. The number of benzene rings is 2. The Bertz CT molecular complexity index is 738. The zero-order valence-electron chi connectivity index (χ0n) is 11.3. The summed E-state index contributed by atoms with van der Waals surface area (Å²) in [4.78, 5) is -0.0281. The quantitative estimate of drug-likeness (QED) is 0.849. The fourth-order valence-corrected chi connectivity index (χ4v) is 2.64. The van der Waals surface area contributed by atoms with E-state index in [1.807, 2.05) is 19.1 Å². The van der Waals surface area contributed by atoms with Crippen molar-refractivity contribution in [1.29, 1.82) is 0 Å². The molecule has 20 heavy (non-hydrogen) atoms. The van der Waals surface area contributed by atoms with Gasteiger partial charge in [-0.2, -0.15) is 0 Å². The molecule has 5 nitrogen and oxygen atoms in total. The molecule has 2 aromatic carbocycles. The van der Waals surface area contributed by atoms with Gasteiger partial charge >= 0.3 is 0 Å². The molecule has 0 aromatic heterocycles. The van der Waals surface area contributed by atoms with Gasteiger partial charge in [0, 0.05) is 17.3 Å². The van der Waals surface area contributed by atoms with Crippen LogP contribution in [0.15, 0.2) is 41.3 Å². The first kappa shape index (κ1) is 14.4. The van der Waals surface area contributed by atoms with Crippen LogP contribution >= 0.6 is 0 Å². The summed E-state index contributed by atoms with van der Waals surface area (Å²) in [6.45, 7) is 3.59. The summed E-state index contributed by atoms with van der Waals surface area (Å²) >= 11 is 0. The lowest BCUT2D eigenvalue weighted by atomic mass is 10.2. The molecule has 4 N–H and O–H groups in total. The maximum absolute atomic E-state index is 11.5.